The molecule has 0 bridgehead atoms. The van der Waals surface area contributed by atoms with Gasteiger partial charge >= 0.3 is 0 Å². The number of hydrogen-bond donors (Lipinski definition) is 1. The van der Waals surface area contributed by atoms with E-state index in [2.05, 4.69) is 9.82 Å². The van der Waals surface area contributed by atoms with E-state index >= 15 is 0 Å². The van der Waals surface area contributed by atoms with Crippen LogP contribution in [0.25, 0.3) is 0 Å². The van der Waals surface area contributed by atoms with Crippen LogP contribution in [0.2, 0.25) is 0 Å². The van der Waals surface area contributed by atoms with Crippen molar-refractivity contribution in [1.82, 2.24) is 18.8 Å². The van der Waals surface area contributed by atoms with Crippen LogP contribution >= 0.6 is 0 Å². The molecule has 0 unspecified atom stereocenters. The first-order valence-electron chi connectivity index (χ1n) is 6.25. The molecule has 2 heterocycles. The van der Waals surface area contributed by atoms with Crippen LogP contribution in [0.5, 0.6) is 0 Å². The summed E-state index contributed by atoms with van der Waals surface area (Å²) in [4.78, 5) is 11.5. The summed E-state index contributed by atoms with van der Waals surface area (Å²) in [6, 6.07) is 1.46. The third-order valence-corrected chi connectivity index (χ3v) is 4.64. The summed E-state index contributed by atoms with van der Waals surface area (Å²) in [7, 11) is -1.87. The molecule has 0 radical (unpaired) electrons. The lowest BCUT2D eigenvalue weighted by molar-refractivity contribution is 0.376. The number of aromatic nitrogens is 2. The molecule has 0 saturated carbocycles. The Morgan fingerprint density at radius 2 is 2.21 bits per heavy atom. The second kappa shape index (κ2) is 5.40. The van der Waals surface area contributed by atoms with Gasteiger partial charge < -0.3 is 0 Å². The molecular weight excluding hydrogens is 268 g/mol. The number of nitrogens with zero attached hydrogens (tertiary/aromatic N) is 3. The Morgan fingerprint density at radius 1 is 1.47 bits per heavy atom. The van der Waals surface area contributed by atoms with Crippen molar-refractivity contribution in [3.8, 4) is 0 Å². The van der Waals surface area contributed by atoms with Gasteiger partial charge in [0.2, 0.25) is 0 Å². The first-order chi connectivity index (χ1) is 8.94. The lowest BCUT2D eigenvalue weighted by Crippen LogP contribution is -2.44. The quantitative estimate of drug-likeness (QED) is 0.799. The minimum absolute atomic E-state index is 0.206. The number of fused-ring (bicyclic) bond motifs is 1. The van der Waals surface area contributed by atoms with Gasteiger partial charge in [-0.25, -0.2) is 9.40 Å². The van der Waals surface area contributed by atoms with Gasteiger partial charge in [0.25, 0.3) is 15.8 Å². The zero-order chi connectivity index (χ0) is 14.0. The number of hydrogen-bond acceptors (Lipinski definition) is 4. The van der Waals surface area contributed by atoms with Gasteiger partial charge in [0.05, 0.1) is 5.69 Å². The van der Waals surface area contributed by atoms with Gasteiger partial charge in [0.15, 0.2) is 0 Å². The molecule has 8 heteroatoms. The Kier molecular flexibility index (Phi) is 4.02. The van der Waals surface area contributed by atoms with Gasteiger partial charge in [-0.15, -0.1) is 0 Å². The largest absolute Gasteiger partial charge is 0.279 e. The molecular formula is C11H18N4O3S. The average molecular weight is 286 g/mol. The Balaban J connectivity index is 2.23. The highest BCUT2D eigenvalue weighted by molar-refractivity contribution is 7.87. The van der Waals surface area contributed by atoms with Crippen molar-refractivity contribution in [3.05, 3.63) is 27.7 Å². The van der Waals surface area contributed by atoms with Crippen molar-refractivity contribution in [3.63, 3.8) is 0 Å². The molecule has 106 valence electrons. The number of aryl methyl sites for hydroxylation is 1. The summed E-state index contributed by atoms with van der Waals surface area (Å²) in [5.74, 6) is 0. The predicted octanol–water partition coefficient (Wildman–Crippen LogP) is -0.617. The monoisotopic (exact) mass is 286 g/mol. The van der Waals surface area contributed by atoms with Gasteiger partial charge in [0, 0.05) is 39.2 Å². The topological polar surface area (TPSA) is 84.3 Å². The fourth-order valence-corrected chi connectivity index (χ4v) is 3.28. The molecule has 0 aliphatic carbocycles. The van der Waals surface area contributed by atoms with Crippen molar-refractivity contribution in [2.75, 3.05) is 13.1 Å². The van der Waals surface area contributed by atoms with Crippen LogP contribution in [0.3, 0.4) is 0 Å². The summed E-state index contributed by atoms with van der Waals surface area (Å²) < 4.78 is 29.2. The first-order valence-corrected chi connectivity index (χ1v) is 7.69. The van der Waals surface area contributed by atoms with Crippen LogP contribution in [-0.4, -0.2) is 35.6 Å². The summed E-state index contributed by atoms with van der Waals surface area (Å²) >= 11 is 0. The number of nitrogens with one attached hydrogen (secondary N) is 1. The van der Waals surface area contributed by atoms with Crippen LogP contribution in [0.15, 0.2) is 10.9 Å². The van der Waals surface area contributed by atoms with E-state index in [4.69, 9.17) is 0 Å². The van der Waals surface area contributed by atoms with Crippen molar-refractivity contribution < 1.29 is 8.42 Å². The molecule has 1 aromatic heterocycles. The molecule has 19 heavy (non-hydrogen) atoms. The van der Waals surface area contributed by atoms with E-state index in [1.54, 1.807) is 7.05 Å². The Labute approximate surface area is 112 Å². The molecule has 1 aromatic rings. The normalized spacial score (nSPS) is 16.3. The van der Waals surface area contributed by atoms with Gasteiger partial charge in [-0.1, -0.05) is 6.92 Å². The Bertz CT molecular complexity index is 623. The molecule has 1 aliphatic heterocycles. The average Bonchev–Trinajstić information content (AvgIpc) is 2.37. The van der Waals surface area contributed by atoms with Crippen LogP contribution < -0.4 is 10.3 Å². The van der Waals surface area contributed by atoms with Gasteiger partial charge in [-0.2, -0.15) is 17.8 Å². The molecule has 0 amide bonds. The zero-order valence-corrected chi connectivity index (χ0v) is 11.9. The van der Waals surface area contributed by atoms with E-state index in [1.165, 1.54) is 15.1 Å². The second-order valence-electron chi connectivity index (χ2n) is 4.56. The lowest BCUT2D eigenvalue weighted by Gasteiger charge is -2.27. The molecule has 0 fully saturated rings. The van der Waals surface area contributed by atoms with E-state index in [0.717, 1.165) is 12.1 Å². The van der Waals surface area contributed by atoms with E-state index in [9.17, 15) is 13.2 Å². The molecule has 7 nitrogen and oxygen atoms in total. The third-order valence-electron chi connectivity index (χ3n) is 3.08. The maximum absolute atomic E-state index is 12.0. The predicted molar refractivity (Wildman–Crippen MR) is 70.8 cm³/mol. The fourth-order valence-electron chi connectivity index (χ4n) is 1.99. The highest BCUT2D eigenvalue weighted by Crippen LogP contribution is 2.17. The Hall–Kier alpha value is -1.25. The SMILES string of the molecule is CCCNS(=O)(=O)N1CCc2nn(C)c(=O)cc2C1. The molecule has 1 N–H and O–H groups in total. The van der Waals surface area contributed by atoms with Crippen LogP contribution in [-0.2, 0) is 30.2 Å². The van der Waals surface area contributed by atoms with E-state index in [1.807, 2.05) is 6.92 Å². The van der Waals surface area contributed by atoms with Gasteiger partial charge in [-0.3, -0.25) is 4.79 Å². The maximum atomic E-state index is 12.0. The first kappa shape index (κ1) is 14.2. The molecule has 0 spiro atoms. The van der Waals surface area contributed by atoms with Crippen LogP contribution in [0.4, 0.5) is 0 Å². The summed E-state index contributed by atoms with van der Waals surface area (Å²) in [5, 5.41) is 4.15. The third kappa shape index (κ3) is 3.02. The molecule has 0 saturated heterocycles. The van der Waals surface area contributed by atoms with Gasteiger partial charge in [-0.05, 0) is 12.0 Å². The van der Waals surface area contributed by atoms with Crippen molar-refractivity contribution in [2.24, 2.45) is 7.05 Å². The van der Waals surface area contributed by atoms with Crippen LogP contribution in [0.1, 0.15) is 24.6 Å². The lowest BCUT2D eigenvalue weighted by atomic mass is 10.1. The minimum Gasteiger partial charge on any atom is -0.268 e. The molecule has 2 rings (SSSR count). The Morgan fingerprint density at radius 3 is 2.89 bits per heavy atom. The fraction of sp³-hybridized carbons (Fsp3) is 0.636. The highest BCUT2D eigenvalue weighted by atomic mass is 32.2. The second-order valence-corrected chi connectivity index (χ2v) is 6.32. The molecule has 0 aromatic carbocycles. The summed E-state index contributed by atoms with van der Waals surface area (Å²) in [6.07, 6.45) is 1.27. The maximum Gasteiger partial charge on any atom is 0.279 e. The van der Waals surface area contributed by atoms with Crippen molar-refractivity contribution >= 4 is 10.2 Å². The zero-order valence-electron chi connectivity index (χ0n) is 11.1. The molecule has 0 atom stereocenters. The van der Waals surface area contributed by atoms with Crippen molar-refractivity contribution in [1.29, 1.82) is 0 Å². The standard InChI is InChI=1S/C11H18N4O3S/c1-3-5-12-19(17,18)15-6-4-10-9(8-15)7-11(16)14(2)13-10/h7,12H,3-6,8H2,1-2H3. The minimum atomic E-state index is -3.46. The van der Waals surface area contributed by atoms with E-state index in [-0.39, 0.29) is 12.1 Å². The summed E-state index contributed by atoms with van der Waals surface area (Å²) in [5.41, 5.74) is 1.26. The smallest absolute Gasteiger partial charge is 0.268 e. The van der Waals surface area contributed by atoms with E-state index in [0.29, 0.717) is 25.1 Å². The van der Waals surface area contributed by atoms with Gasteiger partial charge in [0.1, 0.15) is 0 Å². The summed E-state index contributed by atoms with van der Waals surface area (Å²) in [6.45, 7) is 2.91. The van der Waals surface area contributed by atoms with Crippen molar-refractivity contribution in [2.45, 2.75) is 26.3 Å². The van der Waals surface area contributed by atoms with Crippen LogP contribution in [0, 0.1) is 0 Å². The number of rotatable bonds is 4. The molecule has 1 aliphatic rings. The van der Waals surface area contributed by atoms with E-state index < -0.39 is 10.2 Å². The highest BCUT2D eigenvalue weighted by Gasteiger charge is 2.27.